The van der Waals surface area contributed by atoms with Gasteiger partial charge in [-0.1, -0.05) is 6.08 Å². The first kappa shape index (κ1) is 21.2. The Kier molecular flexibility index (Phi) is 9.63. The van der Waals surface area contributed by atoms with Crippen LogP contribution in [0.4, 0.5) is 11.8 Å². The highest BCUT2D eigenvalue weighted by Gasteiger charge is 2.24. The van der Waals surface area contributed by atoms with Gasteiger partial charge in [0, 0.05) is 12.2 Å². The van der Waals surface area contributed by atoms with Gasteiger partial charge in [-0.2, -0.15) is 9.97 Å². The Morgan fingerprint density at radius 3 is 2.42 bits per heavy atom. The molecule has 0 aliphatic carbocycles. The van der Waals surface area contributed by atoms with Gasteiger partial charge in [0.15, 0.2) is 6.52 Å². The van der Waals surface area contributed by atoms with Gasteiger partial charge in [-0.15, -0.1) is 0 Å². The molecule has 13 heteroatoms. The minimum Gasteiger partial charge on any atom is -0.473 e. The van der Waals surface area contributed by atoms with Gasteiger partial charge in [-0.25, -0.2) is 19.1 Å². The number of nitrogens with zero attached hydrogens (tertiary/aromatic N) is 2. The van der Waals surface area contributed by atoms with Crippen molar-refractivity contribution in [1.29, 1.82) is 0 Å². The number of rotatable bonds is 11. The molecule has 0 bridgehead atoms. The van der Waals surface area contributed by atoms with E-state index in [0.717, 1.165) is 5.57 Å². The fraction of sp³-hybridized carbons (Fsp3) is 0.455. The zero-order valence-electron chi connectivity index (χ0n) is 13.5. The Hall–Kier alpha value is -0.850. The van der Waals surface area contributed by atoms with Crippen LogP contribution in [0.2, 0.25) is 0 Å². The molecule has 1 rings (SSSR count). The van der Waals surface area contributed by atoms with E-state index in [9.17, 15) is 4.57 Å². The van der Waals surface area contributed by atoms with Crippen molar-refractivity contribution in [3.8, 4) is 5.88 Å². The van der Waals surface area contributed by atoms with Crippen molar-refractivity contribution in [2.24, 2.45) is 0 Å². The second-order valence-electron chi connectivity index (χ2n) is 4.43. The number of hydrogen-bond donors (Lipinski definition) is 2. The molecule has 2 atom stereocenters. The van der Waals surface area contributed by atoms with Crippen LogP contribution in [0, 0.1) is 0 Å². The Morgan fingerprint density at radius 1 is 1.25 bits per heavy atom. The molecular formula is C11H21N4O6P3. The molecule has 1 aromatic rings. The molecule has 4 N–H and O–H groups in total. The fourth-order valence-electron chi connectivity index (χ4n) is 1.35. The monoisotopic (exact) mass is 398 g/mol. The Labute approximate surface area is 143 Å². The first-order chi connectivity index (χ1) is 11.4. The maximum atomic E-state index is 12.7. The van der Waals surface area contributed by atoms with Crippen LogP contribution >= 0.6 is 23.5 Å². The van der Waals surface area contributed by atoms with Crippen molar-refractivity contribution in [2.45, 2.75) is 6.92 Å². The van der Waals surface area contributed by atoms with Crippen LogP contribution in [-0.4, -0.2) is 37.0 Å². The van der Waals surface area contributed by atoms with E-state index in [0.29, 0.717) is 0 Å². The van der Waals surface area contributed by atoms with Crippen LogP contribution in [0.15, 0.2) is 17.7 Å². The average molecular weight is 398 g/mol. The van der Waals surface area contributed by atoms with E-state index in [1.54, 1.807) is 6.08 Å². The zero-order chi connectivity index (χ0) is 18.0. The summed E-state index contributed by atoms with van der Waals surface area (Å²) in [5, 5.41) is 0. The number of aromatic nitrogens is 2. The second kappa shape index (κ2) is 10.9. The quantitative estimate of drug-likeness (QED) is 0.247. The van der Waals surface area contributed by atoms with Gasteiger partial charge in [-0.05, 0) is 12.5 Å². The van der Waals surface area contributed by atoms with Crippen molar-refractivity contribution in [3.05, 3.63) is 17.7 Å². The molecule has 0 aromatic carbocycles. The standard InChI is InChI=1S/C11H21N4O6P3/c1-8(7-19-10-6-9(12)14-11(13)15-10)4-5-24(16,22-20-17-2)23-21-18-3/h4,6,22-23H,5,7H2,1-3H3,(H4,12,13,14,15)/b8-4+. The van der Waals surface area contributed by atoms with Crippen molar-refractivity contribution in [3.63, 3.8) is 0 Å². The molecule has 10 nitrogen and oxygen atoms in total. The zero-order valence-corrected chi connectivity index (χ0v) is 16.4. The summed E-state index contributed by atoms with van der Waals surface area (Å²) < 4.78 is 27.8. The van der Waals surface area contributed by atoms with E-state index in [1.807, 2.05) is 6.92 Å². The average Bonchev–Trinajstić information content (AvgIpc) is 2.54. The van der Waals surface area contributed by atoms with E-state index >= 15 is 0 Å². The fourth-order valence-corrected chi connectivity index (χ4v) is 5.78. The summed E-state index contributed by atoms with van der Waals surface area (Å²) in [5.74, 6) is 0.525. The minimum absolute atomic E-state index is 0.0342. The first-order valence-corrected chi connectivity index (χ1v) is 12.0. The third kappa shape index (κ3) is 8.31. The third-order valence-electron chi connectivity index (χ3n) is 2.42. The summed E-state index contributed by atoms with van der Waals surface area (Å²) in [6.07, 6.45) is 2.05. The maximum Gasteiger partial charge on any atom is 0.225 e. The Bertz CT molecular complexity index is 571. The van der Waals surface area contributed by atoms with Crippen molar-refractivity contribution < 1.29 is 28.4 Å². The molecule has 0 amide bonds. The first-order valence-electron chi connectivity index (χ1n) is 6.60. The SMILES string of the molecule is COOPP(=O)(C/C=C(\C)COc1cc(N)nc(N)n1)POOC. The molecular weight excluding hydrogens is 377 g/mol. The summed E-state index contributed by atoms with van der Waals surface area (Å²) in [4.78, 5) is 16.7. The van der Waals surface area contributed by atoms with Crippen LogP contribution in [0.3, 0.4) is 0 Å². The highest BCUT2D eigenvalue weighted by Crippen LogP contribution is 2.77. The molecule has 1 heterocycles. The minimum atomic E-state index is -2.75. The predicted molar refractivity (Wildman–Crippen MR) is 95.4 cm³/mol. The highest BCUT2D eigenvalue weighted by atomic mass is 32.5. The van der Waals surface area contributed by atoms with E-state index in [1.165, 1.54) is 20.3 Å². The van der Waals surface area contributed by atoms with Crippen LogP contribution in [0.25, 0.3) is 0 Å². The lowest BCUT2D eigenvalue weighted by Gasteiger charge is -2.14. The predicted octanol–water partition coefficient (Wildman–Crippen LogP) is 2.50. The number of hydrogen-bond acceptors (Lipinski definition) is 10. The summed E-state index contributed by atoms with van der Waals surface area (Å²) in [5.41, 5.74) is 11.9. The van der Waals surface area contributed by atoms with E-state index < -0.39 is 6.52 Å². The van der Waals surface area contributed by atoms with Gasteiger partial charge in [0.05, 0.1) is 14.2 Å². The molecule has 0 fully saturated rings. The summed E-state index contributed by atoms with van der Waals surface area (Å²) in [7, 11) is 2.02. The normalized spacial score (nSPS) is 15.4. The Balaban J connectivity index is 2.60. The van der Waals surface area contributed by atoms with E-state index in [2.05, 4.69) is 19.7 Å². The molecule has 2 unspecified atom stereocenters. The summed E-state index contributed by atoms with van der Waals surface area (Å²) >= 11 is 0. The molecule has 1 aromatic heterocycles. The number of anilines is 2. The number of ether oxygens (including phenoxy) is 1. The largest absolute Gasteiger partial charge is 0.473 e. The molecule has 0 radical (unpaired) electrons. The van der Waals surface area contributed by atoms with Gasteiger partial charge in [-0.3, -0.25) is 0 Å². The lowest BCUT2D eigenvalue weighted by Crippen LogP contribution is -2.05. The second-order valence-corrected chi connectivity index (χ2v) is 13.7. The molecule has 0 saturated heterocycles. The van der Waals surface area contributed by atoms with Gasteiger partial charge >= 0.3 is 0 Å². The van der Waals surface area contributed by atoms with Crippen LogP contribution in [-0.2, 0) is 23.7 Å². The number of allylic oxidation sites excluding steroid dienone is 1. The number of nitrogen functional groups attached to an aromatic ring is 2. The van der Waals surface area contributed by atoms with Crippen LogP contribution < -0.4 is 16.2 Å². The van der Waals surface area contributed by atoms with E-state index in [-0.39, 0.29) is 47.4 Å². The van der Waals surface area contributed by atoms with Crippen LogP contribution in [0.1, 0.15) is 6.92 Å². The molecule has 0 saturated carbocycles. The molecule has 136 valence electrons. The molecule has 24 heavy (non-hydrogen) atoms. The Morgan fingerprint density at radius 2 is 1.88 bits per heavy atom. The van der Waals surface area contributed by atoms with Crippen molar-refractivity contribution >= 4 is 35.3 Å². The van der Waals surface area contributed by atoms with Gasteiger partial charge < -0.3 is 20.8 Å². The lowest BCUT2D eigenvalue weighted by atomic mass is 10.3. The topological polar surface area (TPSA) is 141 Å². The number of nitrogens with two attached hydrogens (primary N) is 2. The van der Waals surface area contributed by atoms with Gasteiger partial charge in [0.2, 0.25) is 11.8 Å². The summed E-state index contributed by atoms with van der Waals surface area (Å²) in [6, 6.07) is 1.47. The van der Waals surface area contributed by atoms with Gasteiger partial charge in [0.1, 0.15) is 29.4 Å². The lowest BCUT2D eigenvalue weighted by molar-refractivity contribution is -0.165. The van der Waals surface area contributed by atoms with Crippen molar-refractivity contribution in [1.82, 2.24) is 9.97 Å². The summed E-state index contributed by atoms with van der Waals surface area (Å²) in [6.45, 7) is -0.687. The highest BCUT2D eigenvalue weighted by molar-refractivity contribution is 8.53. The third-order valence-corrected chi connectivity index (χ3v) is 9.14. The van der Waals surface area contributed by atoms with Crippen molar-refractivity contribution in [2.75, 3.05) is 38.5 Å². The molecule has 0 spiro atoms. The molecule has 0 aliphatic heterocycles. The van der Waals surface area contributed by atoms with Crippen LogP contribution in [0.5, 0.6) is 5.88 Å². The van der Waals surface area contributed by atoms with Gasteiger partial charge in [0.25, 0.3) is 0 Å². The molecule has 0 aliphatic rings. The smallest absolute Gasteiger partial charge is 0.225 e. The maximum absolute atomic E-state index is 12.7. The van der Waals surface area contributed by atoms with E-state index in [4.69, 9.17) is 25.6 Å².